The van der Waals surface area contributed by atoms with E-state index in [9.17, 15) is 9.90 Å². The molecule has 0 radical (unpaired) electrons. The summed E-state index contributed by atoms with van der Waals surface area (Å²) in [4.78, 5) is 13.9. The molecule has 0 heterocycles. The number of hydrogen-bond donors (Lipinski definition) is 1. The normalized spacial score (nSPS) is 10.3. The van der Waals surface area contributed by atoms with Crippen molar-refractivity contribution in [2.45, 2.75) is 6.54 Å². The minimum atomic E-state index is -0.0876. The van der Waals surface area contributed by atoms with Gasteiger partial charge in [-0.15, -0.1) is 0 Å². The molecule has 2 aromatic rings. The second-order valence-electron chi connectivity index (χ2n) is 4.46. The fourth-order valence-electron chi connectivity index (χ4n) is 1.80. The van der Waals surface area contributed by atoms with Crippen LogP contribution in [0.25, 0.3) is 0 Å². The number of nitrogens with zero attached hydrogens (tertiary/aromatic N) is 1. The Hall–Kier alpha value is -1.52. The van der Waals surface area contributed by atoms with E-state index in [-0.39, 0.29) is 11.7 Å². The van der Waals surface area contributed by atoms with Gasteiger partial charge in [-0.25, -0.2) is 0 Å². The molecular formula is C15H13BrClNO2. The van der Waals surface area contributed by atoms with E-state index < -0.39 is 0 Å². The number of phenols is 1. The summed E-state index contributed by atoms with van der Waals surface area (Å²) in [5.41, 5.74) is 1.52. The topological polar surface area (TPSA) is 40.5 Å². The average Bonchev–Trinajstić information content (AvgIpc) is 2.43. The van der Waals surface area contributed by atoms with Crippen molar-refractivity contribution in [1.82, 2.24) is 4.90 Å². The van der Waals surface area contributed by atoms with Gasteiger partial charge in [-0.2, -0.15) is 0 Å². The van der Waals surface area contributed by atoms with Gasteiger partial charge in [0.05, 0.1) is 5.02 Å². The Morgan fingerprint density at radius 3 is 2.50 bits per heavy atom. The summed E-state index contributed by atoms with van der Waals surface area (Å²) in [7, 11) is 1.73. The van der Waals surface area contributed by atoms with Crippen molar-refractivity contribution in [2.24, 2.45) is 0 Å². The van der Waals surface area contributed by atoms with Gasteiger partial charge >= 0.3 is 0 Å². The molecule has 0 saturated heterocycles. The fourth-order valence-corrected chi connectivity index (χ4v) is 2.29. The Morgan fingerprint density at radius 1 is 1.25 bits per heavy atom. The quantitative estimate of drug-likeness (QED) is 0.902. The minimum absolute atomic E-state index is 0.0876. The first-order valence-corrected chi connectivity index (χ1v) is 7.13. The highest BCUT2D eigenvalue weighted by Gasteiger charge is 2.13. The molecule has 104 valence electrons. The van der Waals surface area contributed by atoms with Crippen molar-refractivity contribution in [2.75, 3.05) is 7.05 Å². The van der Waals surface area contributed by atoms with E-state index in [4.69, 9.17) is 11.6 Å². The van der Waals surface area contributed by atoms with Crippen LogP contribution in [0.1, 0.15) is 15.9 Å². The lowest BCUT2D eigenvalue weighted by Crippen LogP contribution is -2.26. The third-order valence-corrected chi connectivity index (χ3v) is 4.08. The van der Waals surface area contributed by atoms with Gasteiger partial charge in [0.2, 0.25) is 0 Å². The Kier molecular flexibility index (Phi) is 4.68. The predicted octanol–water partition coefficient (Wildman–Crippen LogP) is 4.08. The Morgan fingerprint density at radius 2 is 1.90 bits per heavy atom. The number of aromatic hydroxyl groups is 1. The predicted molar refractivity (Wildman–Crippen MR) is 83.1 cm³/mol. The van der Waals surface area contributed by atoms with Crippen LogP contribution in [0.2, 0.25) is 5.02 Å². The number of rotatable bonds is 3. The number of amides is 1. The Bertz CT molecular complexity index is 628. The molecule has 0 fully saturated rings. The van der Waals surface area contributed by atoms with E-state index in [1.807, 2.05) is 0 Å². The summed E-state index contributed by atoms with van der Waals surface area (Å²) in [6.07, 6.45) is 0. The monoisotopic (exact) mass is 353 g/mol. The van der Waals surface area contributed by atoms with Crippen LogP contribution in [0.15, 0.2) is 46.9 Å². The smallest absolute Gasteiger partial charge is 0.253 e. The summed E-state index contributed by atoms with van der Waals surface area (Å²) in [6.45, 7) is 0.472. The first-order valence-electron chi connectivity index (χ1n) is 5.96. The fraction of sp³-hybridized carbons (Fsp3) is 0.133. The molecule has 0 aliphatic carbocycles. The molecule has 0 saturated carbocycles. The highest BCUT2D eigenvalue weighted by Crippen LogP contribution is 2.24. The molecule has 0 unspecified atom stereocenters. The van der Waals surface area contributed by atoms with E-state index >= 15 is 0 Å². The molecule has 20 heavy (non-hydrogen) atoms. The van der Waals surface area contributed by atoms with Gasteiger partial charge in [-0.1, -0.05) is 23.7 Å². The maximum absolute atomic E-state index is 12.3. The molecule has 0 bridgehead atoms. The maximum Gasteiger partial charge on any atom is 0.253 e. The van der Waals surface area contributed by atoms with Crippen LogP contribution in [0.5, 0.6) is 5.75 Å². The molecule has 3 nitrogen and oxygen atoms in total. The zero-order valence-corrected chi connectivity index (χ0v) is 13.1. The zero-order chi connectivity index (χ0) is 14.7. The second-order valence-corrected chi connectivity index (χ2v) is 5.72. The lowest BCUT2D eigenvalue weighted by molar-refractivity contribution is 0.0785. The highest BCUT2D eigenvalue weighted by molar-refractivity contribution is 9.10. The van der Waals surface area contributed by atoms with Gasteiger partial charge in [-0.05, 0) is 51.8 Å². The van der Waals surface area contributed by atoms with E-state index in [0.29, 0.717) is 21.6 Å². The first kappa shape index (κ1) is 14.9. The molecule has 5 heteroatoms. The molecule has 0 atom stereocenters. The number of carbonyl (C=O) groups is 1. The number of hydrogen-bond acceptors (Lipinski definition) is 2. The molecule has 0 spiro atoms. The van der Waals surface area contributed by atoms with Crippen LogP contribution >= 0.6 is 27.5 Å². The number of benzene rings is 2. The highest BCUT2D eigenvalue weighted by atomic mass is 79.9. The van der Waals surface area contributed by atoms with Crippen LogP contribution in [-0.4, -0.2) is 23.0 Å². The average molecular weight is 355 g/mol. The van der Waals surface area contributed by atoms with Crippen LogP contribution in [0, 0.1) is 0 Å². The lowest BCUT2D eigenvalue weighted by atomic mass is 10.1. The molecular weight excluding hydrogens is 342 g/mol. The lowest BCUT2D eigenvalue weighted by Gasteiger charge is -2.17. The van der Waals surface area contributed by atoms with Crippen molar-refractivity contribution in [3.63, 3.8) is 0 Å². The summed E-state index contributed by atoms with van der Waals surface area (Å²) in [5.74, 6) is 0.125. The number of carbonyl (C=O) groups excluding carboxylic acids is 1. The third kappa shape index (κ3) is 3.52. The van der Waals surface area contributed by atoms with E-state index in [2.05, 4.69) is 15.9 Å². The van der Waals surface area contributed by atoms with E-state index in [1.165, 1.54) is 0 Å². The summed E-state index contributed by atoms with van der Waals surface area (Å²) in [6, 6.07) is 11.9. The zero-order valence-electron chi connectivity index (χ0n) is 10.8. The largest absolute Gasteiger partial charge is 0.508 e. The van der Waals surface area contributed by atoms with E-state index in [1.54, 1.807) is 54.4 Å². The van der Waals surface area contributed by atoms with Crippen LogP contribution in [-0.2, 0) is 6.54 Å². The SMILES string of the molecule is CN(Cc1ccc(O)cc1)C(=O)c1ccc(Cl)c(Br)c1. The summed E-state index contributed by atoms with van der Waals surface area (Å²) >= 11 is 9.22. The van der Waals surface area contributed by atoms with Gasteiger partial charge in [-0.3, -0.25) is 4.79 Å². The first-order chi connectivity index (χ1) is 9.47. The molecule has 0 aromatic heterocycles. The van der Waals surface area contributed by atoms with Crippen molar-refractivity contribution in [3.8, 4) is 5.75 Å². The maximum atomic E-state index is 12.3. The Labute approximate surface area is 130 Å². The summed E-state index contributed by atoms with van der Waals surface area (Å²) in [5, 5.41) is 9.81. The van der Waals surface area contributed by atoms with Crippen molar-refractivity contribution >= 4 is 33.4 Å². The van der Waals surface area contributed by atoms with Crippen LogP contribution in [0.3, 0.4) is 0 Å². The van der Waals surface area contributed by atoms with E-state index in [0.717, 1.165) is 5.56 Å². The molecule has 1 N–H and O–H groups in total. The standard InChI is InChI=1S/C15H13BrClNO2/c1-18(9-10-2-5-12(19)6-3-10)15(20)11-4-7-14(17)13(16)8-11/h2-8,19H,9H2,1H3. The van der Waals surface area contributed by atoms with Gasteiger partial charge in [0.25, 0.3) is 5.91 Å². The summed E-state index contributed by atoms with van der Waals surface area (Å²) < 4.78 is 0.697. The minimum Gasteiger partial charge on any atom is -0.508 e. The second kappa shape index (κ2) is 6.29. The van der Waals surface area contributed by atoms with Crippen LogP contribution in [0.4, 0.5) is 0 Å². The molecule has 0 aliphatic heterocycles. The number of phenolic OH excluding ortho intramolecular Hbond substituents is 1. The number of halogens is 2. The molecule has 1 amide bonds. The van der Waals surface area contributed by atoms with Crippen molar-refractivity contribution < 1.29 is 9.90 Å². The van der Waals surface area contributed by atoms with Crippen molar-refractivity contribution in [1.29, 1.82) is 0 Å². The molecule has 2 aromatic carbocycles. The van der Waals surface area contributed by atoms with Gasteiger partial charge in [0, 0.05) is 23.6 Å². The van der Waals surface area contributed by atoms with Gasteiger partial charge in [0.1, 0.15) is 5.75 Å². The van der Waals surface area contributed by atoms with Gasteiger partial charge < -0.3 is 10.0 Å². The third-order valence-electron chi connectivity index (χ3n) is 2.87. The van der Waals surface area contributed by atoms with Crippen LogP contribution < -0.4 is 0 Å². The molecule has 2 rings (SSSR count). The Balaban J connectivity index is 2.11. The van der Waals surface area contributed by atoms with Gasteiger partial charge in [0.15, 0.2) is 0 Å². The molecule has 0 aliphatic rings. The van der Waals surface area contributed by atoms with Crippen molar-refractivity contribution in [3.05, 3.63) is 63.1 Å².